The normalized spacial score (nSPS) is 9.90. The number of nitrogens with zero attached hydrogens (tertiary/aromatic N) is 1. The van der Waals surface area contributed by atoms with Crippen molar-refractivity contribution in [3.8, 4) is 0 Å². The Morgan fingerprint density at radius 3 is 2.90 bits per heavy atom. The summed E-state index contributed by atoms with van der Waals surface area (Å²) in [7, 11) is 0. The van der Waals surface area contributed by atoms with E-state index >= 15 is 0 Å². The maximum absolute atomic E-state index is 12.7. The molecule has 0 aliphatic heterocycles. The summed E-state index contributed by atoms with van der Waals surface area (Å²) in [6.07, 6.45) is 1.66. The molecular formula is C7H7BrFN. The minimum Gasteiger partial charge on any atom is -0.258 e. The SMILES string of the molecule is Cc1ncc(CBr)cc1F. The van der Waals surface area contributed by atoms with Gasteiger partial charge in [0.2, 0.25) is 0 Å². The van der Waals surface area contributed by atoms with E-state index < -0.39 is 0 Å². The van der Waals surface area contributed by atoms with Crippen LogP contribution in [0.4, 0.5) is 4.39 Å². The summed E-state index contributed by atoms with van der Waals surface area (Å²) >= 11 is 3.21. The van der Waals surface area contributed by atoms with Crippen LogP contribution in [0.25, 0.3) is 0 Å². The average Bonchev–Trinajstić information content (AvgIpc) is 1.95. The zero-order valence-corrected chi connectivity index (χ0v) is 7.15. The van der Waals surface area contributed by atoms with Crippen molar-refractivity contribution in [3.63, 3.8) is 0 Å². The summed E-state index contributed by atoms with van der Waals surface area (Å²) in [6, 6.07) is 1.48. The number of aromatic nitrogens is 1. The molecule has 0 aliphatic carbocycles. The van der Waals surface area contributed by atoms with Crippen molar-refractivity contribution in [1.82, 2.24) is 4.98 Å². The molecule has 1 nitrogen and oxygen atoms in total. The fourth-order valence-electron chi connectivity index (χ4n) is 0.619. The van der Waals surface area contributed by atoms with Crippen molar-refractivity contribution in [2.45, 2.75) is 12.3 Å². The first-order valence-corrected chi connectivity index (χ1v) is 4.03. The van der Waals surface area contributed by atoms with Gasteiger partial charge in [-0.2, -0.15) is 0 Å². The molecule has 0 N–H and O–H groups in total. The van der Waals surface area contributed by atoms with Crippen molar-refractivity contribution in [2.24, 2.45) is 0 Å². The molecule has 0 saturated carbocycles. The number of pyridine rings is 1. The molecule has 0 amide bonds. The number of halogens is 2. The molecule has 1 aromatic heterocycles. The van der Waals surface area contributed by atoms with Crippen LogP contribution in [0.3, 0.4) is 0 Å². The summed E-state index contributed by atoms with van der Waals surface area (Å²) in [6.45, 7) is 1.65. The number of alkyl halides is 1. The highest BCUT2D eigenvalue weighted by Gasteiger charge is 1.97. The maximum Gasteiger partial charge on any atom is 0.144 e. The van der Waals surface area contributed by atoms with Crippen LogP contribution in [-0.4, -0.2) is 4.98 Å². The lowest BCUT2D eigenvalue weighted by molar-refractivity contribution is 0.608. The lowest BCUT2D eigenvalue weighted by Gasteiger charge is -1.96. The van der Waals surface area contributed by atoms with E-state index in [1.165, 1.54) is 6.07 Å². The number of aryl methyl sites for hydroxylation is 1. The van der Waals surface area contributed by atoms with Crippen LogP contribution in [-0.2, 0) is 5.33 Å². The van der Waals surface area contributed by atoms with Crippen molar-refractivity contribution < 1.29 is 4.39 Å². The van der Waals surface area contributed by atoms with Crippen LogP contribution >= 0.6 is 15.9 Å². The summed E-state index contributed by atoms with van der Waals surface area (Å²) in [5, 5.41) is 0.650. The first-order chi connectivity index (χ1) is 4.74. The molecule has 0 spiro atoms. The molecule has 1 aromatic rings. The van der Waals surface area contributed by atoms with Crippen LogP contribution < -0.4 is 0 Å². The second-order valence-electron chi connectivity index (χ2n) is 2.04. The fourth-order valence-corrected chi connectivity index (χ4v) is 0.926. The fraction of sp³-hybridized carbons (Fsp3) is 0.286. The van der Waals surface area contributed by atoms with E-state index in [1.54, 1.807) is 13.1 Å². The lowest BCUT2D eigenvalue weighted by atomic mass is 10.3. The topological polar surface area (TPSA) is 12.9 Å². The third-order valence-corrected chi connectivity index (χ3v) is 1.88. The van der Waals surface area contributed by atoms with Gasteiger partial charge in [-0.15, -0.1) is 0 Å². The second kappa shape index (κ2) is 3.10. The largest absolute Gasteiger partial charge is 0.258 e. The summed E-state index contributed by atoms with van der Waals surface area (Å²) < 4.78 is 12.7. The molecule has 10 heavy (non-hydrogen) atoms. The minimum atomic E-state index is -0.239. The molecular weight excluding hydrogens is 197 g/mol. The van der Waals surface area contributed by atoms with Crippen LogP contribution in [0.1, 0.15) is 11.3 Å². The second-order valence-corrected chi connectivity index (χ2v) is 2.61. The Balaban J connectivity index is 3.04. The predicted octanol–water partition coefficient (Wildman–Crippen LogP) is 2.42. The highest BCUT2D eigenvalue weighted by Crippen LogP contribution is 2.08. The van der Waals surface area contributed by atoms with E-state index in [0.29, 0.717) is 11.0 Å². The number of rotatable bonds is 1. The van der Waals surface area contributed by atoms with Crippen LogP contribution in [0.2, 0.25) is 0 Å². The van der Waals surface area contributed by atoms with Gasteiger partial charge in [-0.3, -0.25) is 4.98 Å². The van der Waals surface area contributed by atoms with E-state index in [9.17, 15) is 4.39 Å². The average molecular weight is 204 g/mol. The van der Waals surface area contributed by atoms with Crippen molar-refractivity contribution >= 4 is 15.9 Å². The molecule has 0 saturated heterocycles. The van der Waals surface area contributed by atoms with Crippen molar-refractivity contribution in [3.05, 3.63) is 29.3 Å². The Morgan fingerprint density at radius 2 is 2.40 bits per heavy atom. The molecule has 54 valence electrons. The Labute approximate surface area is 67.4 Å². The van der Waals surface area contributed by atoms with Gasteiger partial charge in [-0.25, -0.2) is 4.39 Å². The quantitative estimate of drug-likeness (QED) is 0.640. The Hall–Kier alpha value is -0.440. The third-order valence-electron chi connectivity index (χ3n) is 1.24. The highest BCUT2D eigenvalue weighted by atomic mass is 79.9. The number of hydrogen-bond acceptors (Lipinski definition) is 1. The van der Waals surface area contributed by atoms with Gasteiger partial charge in [0.25, 0.3) is 0 Å². The van der Waals surface area contributed by atoms with Gasteiger partial charge in [0.15, 0.2) is 0 Å². The minimum absolute atomic E-state index is 0.239. The van der Waals surface area contributed by atoms with Gasteiger partial charge in [-0.05, 0) is 18.6 Å². The molecule has 1 rings (SSSR count). The van der Waals surface area contributed by atoms with Gasteiger partial charge in [-0.1, -0.05) is 15.9 Å². The van der Waals surface area contributed by atoms with Gasteiger partial charge in [0.05, 0.1) is 5.69 Å². The van der Waals surface area contributed by atoms with Gasteiger partial charge < -0.3 is 0 Å². The zero-order valence-electron chi connectivity index (χ0n) is 5.56. The van der Waals surface area contributed by atoms with E-state index in [4.69, 9.17) is 0 Å². The smallest absolute Gasteiger partial charge is 0.144 e. The van der Waals surface area contributed by atoms with E-state index in [1.807, 2.05) is 0 Å². The Kier molecular flexibility index (Phi) is 2.38. The maximum atomic E-state index is 12.7. The molecule has 0 radical (unpaired) electrons. The highest BCUT2D eigenvalue weighted by molar-refractivity contribution is 9.08. The van der Waals surface area contributed by atoms with E-state index in [-0.39, 0.29) is 5.82 Å². The summed E-state index contributed by atoms with van der Waals surface area (Å²) in [5.41, 5.74) is 1.31. The lowest BCUT2D eigenvalue weighted by Crippen LogP contribution is -1.89. The molecule has 3 heteroatoms. The Morgan fingerprint density at radius 1 is 1.70 bits per heavy atom. The van der Waals surface area contributed by atoms with Gasteiger partial charge in [0.1, 0.15) is 5.82 Å². The predicted molar refractivity (Wildman–Crippen MR) is 41.6 cm³/mol. The standard InChI is InChI=1S/C7H7BrFN/c1-5-7(9)2-6(3-8)4-10-5/h2,4H,3H2,1H3. The van der Waals surface area contributed by atoms with Crippen LogP contribution in [0, 0.1) is 12.7 Å². The van der Waals surface area contributed by atoms with Crippen LogP contribution in [0.5, 0.6) is 0 Å². The van der Waals surface area contributed by atoms with Gasteiger partial charge in [0, 0.05) is 11.5 Å². The molecule has 0 atom stereocenters. The molecule has 1 heterocycles. The van der Waals surface area contributed by atoms with Crippen molar-refractivity contribution in [2.75, 3.05) is 0 Å². The van der Waals surface area contributed by atoms with Crippen molar-refractivity contribution in [1.29, 1.82) is 0 Å². The van der Waals surface area contributed by atoms with Gasteiger partial charge >= 0.3 is 0 Å². The van der Waals surface area contributed by atoms with E-state index in [2.05, 4.69) is 20.9 Å². The molecule has 0 aromatic carbocycles. The monoisotopic (exact) mass is 203 g/mol. The zero-order chi connectivity index (χ0) is 7.56. The molecule has 0 bridgehead atoms. The first kappa shape index (κ1) is 7.66. The molecule has 0 fully saturated rings. The molecule has 0 aliphatic rings. The first-order valence-electron chi connectivity index (χ1n) is 2.91. The molecule has 0 unspecified atom stereocenters. The third kappa shape index (κ3) is 1.53. The summed E-state index contributed by atoms with van der Waals surface area (Å²) in [5.74, 6) is -0.239. The Bertz CT molecular complexity index is 237. The number of hydrogen-bond donors (Lipinski definition) is 0. The summed E-state index contributed by atoms with van der Waals surface area (Å²) in [4.78, 5) is 3.84. The van der Waals surface area contributed by atoms with E-state index in [0.717, 1.165) is 5.56 Å². The van der Waals surface area contributed by atoms with Crippen LogP contribution in [0.15, 0.2) is 12.3 Å².